The second-order valence-electron chi connectivity index (χ2n) is 5.07. The number of rotatable bonds is 4. The average molecular weight is 309 g/mol. The van der Waals surface area contributed by atoms with Gasteiger partial charge in [-0.05, 0) is 17.7 Å². The minimum absolute atomic E-state index is 0.0272. The maximum atomic E-state index is 12.1. The monoisotopic (exact) mass is 309 g/mol. The Balaban J connectivity index is 1.75. The van der Waals surface area contributed by atoms with Gasteiger partial charge in [-0.25, -0.2) is 4.98 Å². The zero-order valence-corrected chi connectivity index (χ0v) is 12.2. The van der Waals surface area contributed by atoms with Crippen LogP contribution in [0.2, 0.25) is 0 Å². The number of amides is 1. The molecule has 0 bridgehead atoms. The Labute approximate surface area is 131 Å². The van der Waals surface area contributed by atoms with Crippen LogP contribution in [0, 0.1) is 0 Å². The van der Waals surface area contributed by atoms with Crippen molar-refractivity contribution in [3.8, 4) is 0 Å². The number of para-hydroxylation sites is 1. The highest BCUT2D eigenvalue weighted by molar-refractivity contribution is 5.92. The quantitative estimate of drug-likeness (QED) is 0.678. The molecular formula is C17H15N3O3. The van der Waals surface area contributed by atoms with Crippen molar-refractivity contribution in [1.29, 1.82) is 0 Å². The predicted octanol–water partition coefficient (Wildman–Crippen LogP) is 1.39. The van der Waals surface area contributed by atoms with Crippen LogP contribution in [0.5, 0.6) is 0 Å². The largest absolute Gasteiger partial charge is 0.387 e. The zero-order valence-electron chi connectivity index (χ0n) is 12.2. The standard InChI is InChI=1S/C17H15N3O3/c21-14(11-6-2-1-3-7-11)10-18-17(23)15-19-13-9-5-4-8-12(13)16(22)20-15/h1-9,14,21H,10H2,(H,18,23)(H,19,20,22)/t14-/m0/s1. The number of aromatic nitrogens is 2. The van der Waals surface area contributed by atoms with Gasteiger partial charge in [0.05, 0.1) is 17.0 Å². The van der Waals surface area contributed by atoms with Gasteiger partial charge in [-0.3, -0.25) is 9.59 Å². The van der Waals surface area contributed by atoms with E-state index in [0.29, 0.717) is 16.5 Å². The lowest BCUT2D eigenvalue weighted by Crippen LogP contribution is -2.31. The molecule has 0 aliphatic heterocycles. The van der Waals surface area contributed by atoms with Gasteiger partial charge in [0.15, 0.2) is 5.82 Å². The number of nitrogens with one attached hydrogen (secondary N) is 2. The van der Waals surface area contributed by atoms with Gasteiger partial charge < -0.3 is 15.4 Å². The number of hydrogen-bond donors (Lipinski definition) is 3. The lowest BCUT2D eigenvalue weighted by molar-refractivity contribution is 0.0906. The summed E-state index contributed by atoms with van der Waals surface area (Å²) in [5.74, 6) is -0.614. The van der Waals surface area contributed by atoms with Gasteiger partial charge >= 0.3 is 0 Å². The van der Waals surface area contributed by atoms with E-state index in [0.717, 1.165) is 0 Å². The van der Waals surface area contributed by atoms with Gasteiger partial charge in [0.2, 0.25) is 0 Å². The molecule has 0 radical (unpaired) electrons. The number of fused-ring (bicyclic) bond motifs is 1. The highest BCUT2D eigenvalue weighted by atomic mass is 16.3. The Morgan fingerprint density at radius 3 is 2.61 bits per heavy atom. The van der Waals surface area contributed by atoms with Crippen molar-refractivity contribution >= 4 is 16.8 Å². The van der Waals surface area contributed by atoms with Gasteiger partial charge in [-0.2, -0.15) is 0 Å². The van der Waals surface area contributed by atoms with Crippen LogP contribution < -0.4 is 10.9 Å². The molecule has 3 aromatic rings. The molecule has 6 nitrogen and oxygen atoms in total. The average Bonchev–Trinajstić information content (AvgIpc) is 2.60. The summed E-state index contributed by atoms with van der Waals surface area (Å²) < 4.78 is 0. The van der Waals surface area contributed by atoms with E-state index < -0.39 is 12.0 Å². The highest BCUT2D eigenvalue weighted by Crippen LogP contribution is 2.11. The Bertz CT molecular complexity index is 890. The van der Waals surface area contributed by atoms with Crippen LogP contribution in [0.25, 0.3) is 10.9 Å². The van der Waals surface area contributed by atoms with Gasteiger partial charge in [0, 0.05) is 6.54 Å². The lowest BCUT2D eigenvalue weighted by atomic mass is 10.1. The van der Waals surface area contributed by atoms with Crippen molar-refractivity contribution in [2.24, 2.45) is 0 Å². The molecule has 3 rings (SSSR count). The van der Waals surface area contributed by atoms with E-state index in [2.05, 4.69) is 15.3 Å². The maximum Gasteiger partial charge on any atom is 0.287 e. The van der Waals surface area contributed by atoms with Crippen molar-refractivity contribution in [2.75, 3.05) is 6.54 Å². The summed E-state index contributed by atoms with van der Waals surface area (Å²) in [6.45, 7) is 0.0272. The number of carbonyl (C=O) groups is 1. The zero-order chi connectivity index (χ0) is 16.2. The van der Waals surface area contributed by atoms with Crippen molar-refractivity contribution in [2.45, 2.75) is 6.10 Å². The van der Waals surface area contributed by atoms with E-state index in [1.165, 1.54) is 0 Å². The summed E-state index contributed by atoms with van der Waals surface area (Å²) in [4.78, 5) is 30.7. The van der Waals surface area contributed by atoms with Crippen LogP contribution in [-0.2, 0) is 0 Å². The third kappa shape index (κ3) is 3.27. The Kier molecular flexibility index (Phi) is 4.16. The molecule has 0 aliphatic carbocycles. The number of benzene rings is 2. The first-order valence-corrected chi connectivity index (χ1v) is 7.15. The summed E-state index contributed by atoms with van der Waals surface area (Å²) in [7, 11) is 0. The third-order valence-corrected chi connectivity index (χ3v) is 3.47. The van der Waals surface area contributed by atoms with Crippen molar-refractivity contribution in [1.82, 2.24) is 15.3 Å². The molecule has 0 saturated heterocycles. The van der Waals surface area contributed by atoms with E-state index in [4.69, 9.17) is 0 Å². The number of aliphatic hydroxyl groups is 1. The minimum Gasteiger partial charge on any atom is -0.387 e. The molecule has 2 aromatic carbocycles. The molecule has 116 valence electrons. The summed E-state index contributed by atoms with van der Waals surface area (Å²) in [5, 5.41) is 13.0. The topological polar surface area (TPSA) is 95.1 Å². The Hall–Kier alpha value is -2.99. The molecule has 0 saturated carbocycles. The molecule has 6 heteroatoms. The number of H-pyrrole nitrogens is 1. The van der Waals surface area contributed by atoms with E-state index in [1.807, 2.05) is 18.2 Å². The maximum absolute atomic E-state index is 12.1. The fourth-order valence-corrected chi connectivity index (χ4v) is 2.26. The van der Waals surface area contributed by atoms with Crippen LogP contribution in [0.1, 0.15) is 22.3 Å². The fourth-order valence-electron chi connectivity index (χ4n) is 2.26. The Morgan fingerprint density at radius 2 is 1.83 bits per heavy atom. The summed E-state index contributed by atoms with van der Waals surface area (Å²) >= 11 is 0. The predicted molar refractivity (Wildman–Crippen MR) is 86.1 cm³/mol. The minimum atomic E-state index is -0.827. The van der Waals surface area contributed by atoms with Gasteiger partial charge in [0.25, 0.3) is 11.5 Å². The van der Waals surface area contributed by atoms with E-state index in [1.54, 1.807) is 36.4 Å². The van der Waals surface area contributed by atoms with Crippen LogP contribution in [0.15, 0.2) is 59.4 Å². The second-order valence-corrected chi connectivity index (χ2v) is 5.07. The van der Waals surface area contributed by atoms with E-state index in [9.17, 15) is 14.7 Å². The van der Waals surface area contributed by atoms with Gasteiger partial charge in [0.1, 0.15) is 0 Å². The SMILES string of the molecule is O=C(NC[C@H](O)c1ccccc1)c1nc2ccccc2c(=O)[nH]1. The fraction of sp³-hybridized carbons (Fsp3) is 0.118. The number of nitrogens with zero attached hydrogens (tertiary/aromatic N) is 1. The molecule has 0 fully saturated rings. The smallest absolute Gasteiger partial charge is 0.287 e. The van der Waals surface area contributed by atoms with Crippen LogP contribution in [-0.4, -0.2) is 27.5 Å². The first-order chi connectivity index (χ1) is 11.1. The lowest BCUT2D eigenvalue weighted by Gasteiger charge is -2.12. The van der Waals surface area contributed by atoms with Crippen LogP contribution in [0.3, 0.4) is 0 Å². The summed E-state index contributed by atoms with van der Waals surface area (Å²) in [6, 6.07) is 15.8. The second kappa shape index (κ2) is 6.41. The third-order valence-electron chi connectivity index (χ3n) is 3.47. The molecule has 1 heterocycles. The van der Waals surface area contributed by atoms with Crippen molar-refractivity contribution in [3.05, 3.63) is 76.3 Å². The molecule has 0 aliphatic rings. The molecular weight excluding hydrogens is 294 g/mol. The van der Waals surface area contributed by atoms with Gasteiger partial charge in [-0.15, -0.1) is 0 Å². The van der Waals surface area contributed by atoms with Crippen molar-refractivity contribution < 1.29 is 9.90 Å². The molecule has 1 amide bonds. The Morgan fingerprint density at radius 1 is 1.13 bits per heavy atom. The number of hydrogen-bond acceptors (Lipinski definition) is 4. The first-order valence-electron chi connectivity index (χ1n) is 7.15. The normalized spacial score (nSPS) is 12.0. The van der Waals surface area contributed by atoms with Crippen molar-refractivity contribution in [3.63, 3.8) is 0 Å². The van der Waals surface area contributed by atoms with Gasteiger partial charge in [-0.1, -0.05) is 42.5 Å². The summed E-state index contributed by atoms with van der Waals surface area (Å²) in [6.07, 6.45) is -0.827. The molecule has 3 N–H and O–H groups in total. The molecule has 0 spiro atoms. The van der Waals surface area contributed by atoms with E-state index >= 15 is 0 Å². The molecule has 1 atom stereocenters. The van der Waals surface area contributed by atoms with E-state index in [-0.39, 0.29) is 17.9 Å². The first kappa shape index (κ1) is 14.9. The number of carbonyl (C=O) groups excluding carboxylic acids is 1. The number of aliphatic hydroxyl groups excluding tert-OH is 1. The van der Waals surface area contributed by atoms with Crippen LogP contribution in [0.4, 0.5) is 0 Å². The number of aromatic amines is 1. The molecule has 1 aromatic heterocycles. The van der Waals surface area contributed by atoms with Crippen LogP contribution >= 0.6 is 0 Å². The highest BCUT2D eigenvalue weighted by Gasteiger charge is 2.13. The molecule has 23 heavy (non-hydrogen) atoms. The summed E-state index contributed by atoms with van der Waals surface area (Å²) in [5.41, 5.74) is 0.780. The molecule has 0 unspecified atom stereocenters.